The van der Waals surface area contributed by atoms with Crippen LogP contribution in [0.3, 0.4) is 0 Å². The third-order valence-corrected chi connectivity index (χ3v) is 3.95. The molecule has 3 rings (SSSR count). The Labute approximate surface area is 130 Å². The van der Waals surface area contributed by atoms with E-state index in [-0.39, 0.29) is 5.91 Å². The predicted octanol–water partition coefficient (Wildman–Crippen LogP) is 2.69. The van der Waals surface area contributed by atoms with E-state index in [1.54, 1.807) is 7.11 Å². The van der Waals surface area contributed by atoms with E-state index >= 15 is 0 Å². The second-order valence-corrected chi connectivity index (χ2v) is 5.51. The van der Waals surface area contributed by atoms with Gasteiger partial charge in [-0.2, -0.15) is 0 Å². The Morgan fingerprint density at radius 2 is 1.86 bits per heavy atom. The Morgan fingerprint density at radius 1 is 1.14 bits per heavy atom. The fourth-order valence-corrected chi connectivity index (χ4v) is 2.77. The molecule has 1 N–H and O–H groups in total. The van der Waals surface area contributed by atoms with E-state index in [0.717, 1.165) is 30.9 Å². The van der Waals surface area contributed by atoms with Crippen LogP contribution in [0.2, 0.25) is 0 Å². The third kappa shape index (κ3) is 3.46. The SMILES string of the molecule is COc1ccc(NC(=O)CN2CCc3ccccc3C2)cc1. The first-order chi connectivity index (χ1) is 10.7. The van der Waals surface area contributed by atoms with Crippen molar-refractivity contribution in [2.75, 3.05) is 25.5 Å². The summed E-state index contributed by atoms with van der Waals surface area (Å²) < 4.78 is 5.11. The molecule has 0 radical (unpaired) electrons. The normalized spacial score (nSPS) is 14.2. The first kappa shape index (κ1) is 14.6. The topological polar surface area (TPSA) is 41.6 Å². The van der Waals surface area contributed by atoms with Gasteiger partial charge in [-0.25, -0.2) is 0 Å². The smallest absolute Gasteiger partial charge is 0.238 e. The largest absolute Gasteiger partial charge is 0.497 e. The summed E-state index contributed by atoms with van der Waals surface area (Å²) in [6, 6.07) is 15.8. The number of carbonyl (C=O) groups is 1. The number of nitrogens with zero attached hydrogens (tertiary/aromatic N) is 1. The Hall–Kier alpha value is -2.33. The number of nitrogens with one attached hydrogen (secondary N) is 1. The number of hydrogen-bond acceptors (Lipinski definition) is 3. The van der Waals surface area contributed by atoms with E-state index in [1.807, 2.05) is 24.3 Å². The molecule has 2 aromatic carbocycles. The number of anilines is 1. The van der Waals surface area contributed by atoms with Crippen LogP contribution in [0.5, 0.6) is 5.75 Å². The molecule has 4 nitrogen and oxygen atoms in total. The molecule has 1 aliphatic rings. The van der Waals surface area contributed by atoms with Crippen molar-refractivity contribution in [3.8, 4) is 5.75 Å². The van der Waals surface area contributed by atoms with Crippen molar-refractivity contribution in [2.45, 2.75) is 13.0 Å². The monoisotopic (exact) mass is 296 g/mol. The summed E-state index contributed by atoms with van der Waals surface area (Å²) in [5.41, 5.74) is 3.52. The van der Waals surface area contributed by atoms with Gasteiger partial charge in [0.25, 0.3) is 0 Å². The second-order valence-electron chi connectivity index (χ2n) is 5.51. The van der Waals surface area contributed by atoms with Gasteiger partial charge in [-0.15, -0.1) is 0 Å². The van der Waals surface area contributed by atoms with E-state index < -0.39 is 0 Å². The van der Waals surface area contributed by atoms with Crippen LogP contribution in [0.4, 0.5) is 5.69 Å². The number of fused-ring (bicyclic) bond motifs is 1. The molecule has 1 heterocycles. The van der Waals surface area contributed by atoms with Crippen LogP contribution in [0, 0.1) is 0 Å². The molecule has 0 unspecified atom stereocenters. The standard InChI is InChI=1S/C18H20N2O2/c1-22-17-8-6-16(7-9-17)19-18(21)13-20-11-10-14-4-2-3-5-15(14)12-20/h2-9H,10-13H2,1H3,(H,19,21). The number of methoxy groups -OCH3 is 1. The summed E-state index contributed by atoms with van der Waals surface area (Å²) in [6.07, 6.45) is 1.01. The minimum atomic E-state index is 0.0181. The van der Waals surface area contributed by atoms with Crippen LogP contribution in [-0.2, 0) is 17.8 Å². The average molecular weight is 296 g/mol. The zero-order chi connectivity index (χ0) is 15.4. The summed E-state index contributed by atoms with van der Waals surface area (Å²) in [5, 5.41) is 2.93. The first-order valence-electron chi connectivity index (χ1n) is 7.47. The molecule has 4 heteroatoms. The molecule has 0 bridgehead atoms. The van der Waals surface area contributed by atoms with Crippen molar-refractivity contribution >= 4 is 11.6 Å². The zero-order valence-electron chi connectivity index (χ0n) is 12.7. The first-order valence-corrected chi connectivity index (χ1v) is 7.47. The quantitative estimate of drug-likeness (QED) is 0.943. The molecular weight excluding hydrogens is 276 g/mol. The van der Waals surface area contributed by atoms with Crippen molar-refractivity contribution in [3.05, 3.63) is 59.7 Å². The van der Waals surface area contributed by atoms with Crippen molar-refractivity contribution in [3.63, 3.8) is 0 Å². The number of carbonyl (C=O) groups excluding carboxylic acids is 1. The number of amides is 1. The maximum absolute atomic E-state index is 12.2. The van der Waals surface area contributed by atoms with Crippen molar-refractivity contribution in [1.82, 2.24) is 4.90 Å². The van der Waals surface area contributed by atoms with E-state index in [2.05, 4.69) is 34.5 Å². The minimum Gasteiger partial charge on any atom is -0.497 e. The summed E-state index contributed by atoms with van der Waals surface area (Å²) in [6.45, 7) is 2.18. The van der Waals surface area contributed by atoms with E-state index in [9.17, 15) is 4.79 Å². The van der Waals surface area contributed by atoms with E-state index in [4.69, 9.17) is 4.74 Å². The molecule has 0 aromatic heterocycles. The predicted molar refractivity (Wildman–Crippen MR) is 87.0 cm³/mol. The molecule has 0 spiro atoms. The van der Waals surface area contributed by atoms with E-state index in [1.165, 1.54) is 11.1 Å². The maximum Gasteiger partial charge on any atom is 0.238 e. The van der Waals surface area contributed by atoms with Gasteiger partial charge in [-0.05, 0) is 41.8 Å². The highest BCUT2D eigenvalue weighted by Crippen LogP contribution is 2.19. The van der Waals surface area contributed by atoms with Crippen molar-refractivity contribution in [2.24, 2.45) is 0 Å². The molecular formula is C18H20N2O2. The fraction of sp³-hybridized carbons (Fsp3) is 0.278. The van der Waals surface area contributed by atoms with Crippen LogP contribution < -0.4 is 10.1 Å². The van der Waals surface area contributed by atoms with Crippen LogP contribution in [0.1, 0.15) is 11.1 Å². The number of rotatable bonds is 4. The Bertz CT molecular complexity index is 652. The van der Waals surface area contributed by atoms with Gasteiger partial charge in [-0.1, -0.05) is 24.3 Å². The van der Waals surface area contributed by atoms with E-state index in [0.29, 0.717) is 6.54 Å². The lowest BCUT2D eigenvalue weighted by Gasteiger charge is -2.28. The molecule has 1 aliphatic heterocycles. The number of hydrogen-bond donors (Lipinski definition) is 1. The molecule has 1 amide bonds. The Balaban J connectivity index is 1.56. The molecule has 0 atom stereocenters. The van der Waals surface area contributed by atoms with Gasteiger partial charge >= 0.3 is 0 Å². The molecule has 0 saturated carbocycles. The van der Waals surface area contributed by atoms with Gasteiger partial charge in [0, 0.05) is 18.8 Å². The second kappa shape index (κ2) is 6.62. The fourth-order valence-electron chi connectivity index (χ4n) is 2.77. The minimum absolute atomic E-state index is 0.0181. The summed E-state index contributed by atoms with van der Waals surface area (Å²) >= 11 is 0. The van der Waals surface area contributed by atoms with Crippen LogP contribution in [0.25, 0.3) is 0 Å². The number of ether oxygens (including phenoxy) is 1. The van der Waals surface area contributed by atoms with Gasteiger partial charge < -0.3 is 10.1 Å². The van der Waals surface area contributed by atoms with Gasteiger partial charge in [0.2, 0.25) is 5.91 Å². The summed E-state index contributed by atoms with van der Waals surface area (Å²) in [4.78, 5) is 14.3. The highest BCUT2D eigenvalue weighted by molar-refractivity contribution is 5.92. The van der Waals surface area contributed by atoms with Crippen LogP contribution >= 0.6 is 0 Å². The number of benzene rings is 2. The maximum atomic E-state index is 12.2. The molecule has 0 aliphatic carbocycles. The lowest BCUT2D eigenvalue weighted by Crippen LogP contribution is -2.37. The molecule has 2 aromatic rings. The lowest BCUT2D eigenvalue weighted by molar-refractivity contribution is -0.117. The van der Waals surface area contributed by atoms with Crippen LogP contribution in [-0.4, -0.2) is 31.0 Å². The average Bonchev–Trinajstić information content (AvgIpc) is 2.55. The van der Waals surface area contributed by atoms with Crippen molar-refractivity contribution in [1.29, 1.82) is 0 Å². The Morgan fingerprint density at radius 3 is 2.59 bits per heavy atom. The van der Waals surface area contributed by atoms with Gasteiger partial charge in [0.15, 0.2) is 0 Å². The third-order valence-electron chi connectivity index (χ3n) is 3.95. The lowest BCUT2D eigenvalue weighted by atomic mass is 10.00. The summed E-state index contributed by atoms with van der Waals surface area (Å²) in [7, 11) is 1.63. The van der Waals surface area contributed by atoms with Gasteiger partial charge in [0.1, 0.15) is 5.75 Å². The molecule has 114 valence electrons. The molecule has 22 heavy (non-hydrogen) atoms. The highest BCUT2D eigenvalue weighted by atomic mass is 16.5. The highest BCUT2D eigenvalue weighted by Gasteiger charge is 2.17. The molecule has 0 saturated heterocycles. The van der Waals surface area contributed by atoms with Crippen LogP contribution in [0.15, 0.2) is 48.5 Å². The molecule has 0 fully saturated rings. The zero-order valence-corrected chi connectivity index (χ0v) is 12.7. The Kier molecular flexibility index (Phi) is 4.39. The van der Waals surface area contributed by atoms with Gasteiger partial charge in [-0.3, -0.25) is 9.69 Å². The van der Waals surface area contributed by atoms with Gasteiger partial charge in [0.05, 0.1) is 13.7 Å². The summed E-state index contributed by atoms with van der Waals surface area (Å²) in [5.74, 6) is 0.801. The van der Waals surface area contributed by atoms with Crippen molar-refractivity contribution < 1.29 is 9.53 Å².